The average Bonchev–Trinajstić information content (AvgIpc) is 2.88. The van der Waals surface area contributed by atoms with Gasteiger partial charge in [0.05, 0.1) is 11.8 Å². The summed E-state index contributed by atoms with van der Waals surface area (Å²) in [6, 6.07) is 2.38. The van der Waals surface area contributed by atoms with Crippen LogP contribution < -0.4 is 0 Å². The van der Waals surface area contributed by atoms with Crippen molar-refractivity contribution >= 4 is 0 Å². The molecule has 0 bridgehead atoms. The number of aliphatic hydroxyl groups is 1. The number of nitrogens with zero attached hydrogens (tertiary/aromatic N) is 3. The lowest BCUT2D eigenvalue weighted by molar-refractivity contribution is -0.0195. The van der Waals surface area contributed by atoms with Gasteiger partial charge in [-0.3, -0.25) is 9.58 Å². The second-order valence-electron chi connectivity index (χ2n) is 5.98. The fourth-order valence-electron chi connectivity index (χ4n) is 2.81. The molecule has 0 radical (unpaired) electrons. The minimum absolute atomic E-state index is 0.189. The van der Waals surface area contributed by atoms with Gasteiger partial charge in [-0.1, -0.05) is 20.8 Å². The Balaban J connectivity index is 2.83. The topological polar surface area (TPSA) is 41.3 Å². The van der Waals surface area contributed by atoms with Crippen molar-refractivity contribution in [1.29, 1.82) is 0 Å². The largest absolute Gasteiger partial charge is 0.391 e. The molecule has 4 heteroatoms. The molecule has 0 aliphatic carbocycles. The van der Waals surface area contributed by atoms with E-state index in [-0.39, 0.29) is 5.54 Å². The molecular weight excluding hydrogens is 250 g/mol. The van der Waals surface area contributed by atoms with Crippen molar-refractivity contribution in [3.8, 4) is 0 Å². The molecule has 0 fully saturated rings. The highest BCUT2D eigenvalue weighted by Gasteiger charge is 2.36. The maximum absolute atomic E-state index is 10.7. The molecule has 1 aromatic heterocycles. The number of aromatic nitrogens is 2. The van der Waals surface area contributed by atoms with Crippen LogP contribution in [0.3, 0.4) is 0 Å². The predicted molar refractivity (Wildman–Crippen MR) is 83.9 cm³/mol. The van der Waals surface area contributed by atoms with Gasteiger partial charge in [0, 0.05) is 24.2 Å². The monoisotopic (exact) mass is 281 g/mol. The third-order valence-electron chi connectivity index (χ3n) is 4.51. The summed E-state index contributed by atoms with van der Waals surface area (Å²) in [5.41, 5.74) is 0.781. The quantitative estimate of drug-likeness (QED) is 0.796. The van der Waals surface area contributed by atoms with Crippen LogP contribution in [0.1, 0.15) is 59.7 Å². The van der Waals surface area contributed by atoms with Crippen LogP contribution in [0.25, 0.3) is 0 Å². The molecule has 1 N–H and O–H groups in total. The summed E-state index contributed by atoms with van der Waals surface area (Å²) in [6.07, 6.45) is 3.14. The smallest absolute Gasteiger partial charge is 0.0777 e. The summed E-state index contributed by atoms with van der Waals surface area (Å²) >= 11 is 0. The Bertz CT molecular complexity index is 398. The summed E-state index contributed by atoms with van der Waals surface area (Å²) in [5, 5.41) is 15.3. The molecule has 116 valence electrons. The van der Waals surface area contributed by atoms with Gasteiger partial charge < -0.3 is 5.11 Å². The lowest BCUT2D eigenvalue weighted by atomic mass is 9.86. The second-order valence-corrected chi connectivity index (χ2v) is 5.98. The Hall–Kier alpha value is -0.870. The maximum Gasteiger partial charge on any atom is 0.0777 e. The maximum atomic E-state index is 10.7. The van der Waals surface area contributed by atoms with Crippen LogP contribution in [-0.2, 0) is 6.42 Å². The number of likely N-dealkylation sites (N-methyl/N-ethyl adjacent to an activating group) is 1. The molecule has 0 aliphatic heterocycles. The zero-order valence-corrected chi connectivity index (χ0v) is 13.9. The molecule has 0 amide bonds. The van der Waals surface area contributed by atoms with Gasteiger partial charge in [-0.2, -0.15) is 5.10 Å². The summed E-state index contributed by atoms with van der Waals surface area (Å²) in [4.78, 5) is 2.34. The van der Waals surface area contributed by atoms with Crippen molar-refractivity contribution < 1.29 is 5.11 Å². The first kappa shape index (κ1) is 17.2. The van der Waals surface area contributed by atoms with Crippen molar-refractivity contribution in [1.82, 2.24) is 14.7 Å². The van der Waals surface area contributed by atoms with Crippen molar-refractivity contribution in [3.05, 3.63) is 18.0 Å². The van der Waals surface area contributed by atoms with Crippen LogP contribution in [0.15, 0.2) is 12.3 Å². The van der Waals surface area contributed by atoms with Crippen LogP contribution in [0, 0.1) is 0 Å². The fraction of sp³-hybridized carbons (Fsp3) is 0.812. The number of hydrogen-bond donors (Lipinski definition) is 1. The molecule has 0 saturated heterocycles. The van der Waals surface area contributed by atoms with Gasteiger partial charge in [0.2, 0.25) is 0 Å². The Kier molecular flexibility index (Phi) is 6.21. The van der Waals surface area contributed by atoms with E-state index in [1.165, 1.54) is 0 Å². The molecule has 20 heavy (non-hydrogen) atoms. The van der Waals surface area contributed by atoms with E-state index in [2.05, 4.69) is 51.5 Å². The second kappa shape index (κ2) is 7.23. The van der Waals surface area contributed by atoms with Gasteiger partial charge >= 0.3 is 0 Å². The lowest BCUT2D eigenvalue weighted by Gasteiger charge is -2.43. The Labute approximate surface area is 123 Å². The van der Waals surface area contributed by atoms with E-state index in [0.717, 1.165) is 25.2 Å². The summed E-state index contributed by atoms with van der Waals surface area (Å²) in [5.74, 6) is 0. The highest BCUT2D eigenvalue weighted by Crippen LogP contribution is 2.25. The predicted octanol–water partition coefficient (Wildman–Crippen LogP) is 2.88. The van der Waals surface area contributed by atoms with Crippen LogP contribution in [0.4, 0.5) is 0 Å². The third kappa shape index (κ3) is 3.61. The first-order valence-corrected chi connectivity index (χ1v) is 7.86. The van der Waals surface area contributed by atoms with Crippen molar-refractivity contribution in [2.24, 2.45) is 0 Å². The van der Waals surface area contributed by atoms with Gasteiger partial charge in [0.1, 0.15) is 0 Å². The van der Waals surface area contributed by atoms with Crippen molar-refractivity contribution in [2.75, 3.05) is 13.1 Å². The fourth-order valence-corrected chi connectivity index (χ4v) is 2.81. The highest BCUT2D eigenvalue weighted by molar-refractivity contribution is 5.05. The third-order valence-corrected chi connectivity index (χ3v) is 4.51. The number of rotatable bonds is 8. The summed E-state index contributed by atoms with van der Waals surface area (Å²) < 4.78 is 1.95. The molecule has 0 saturated carbocycles. The molecule has 1 aromatic rings. The molecule has 0 aromatic carbocycles. The van der Waals surface area contributed by atoms with E-state index in [0.29, 0.717) is 12.5 Å². The molecule has 2 atom stereocenters. The zero-order valence-electron chi connectivity index (χ0n) is 13.9. The van der Waals surface area contributed by atoms with E-state index >= 15 is 0 Å². The normalized spacial score (nSPS) is 16.6. The van der Waals surface area contributed by atoms with E-state index in [9.17, 15) is 5.11 Å². The first-order valence-electron chi connectivity index (χ1n) is 7.86. The summed E-state index contributed by atoms with van der Waals surface area (Å²) in [6.45, 7) is 14.7. The van der Waals surface area contributed by atoms with Gasteiger partial charge in [0.15, 0.2) is 0 Å². The van der Waals surface area contributed by atoms with E-state index in [1.807, 2.05) is 16.9 Å². The van der Waals surface area contributed by atoms with Crippen LogP contribution in [-0.4, -0.2) is 44.5 Å². The molecule has 0 spiro atoms. The van der Waals surface area contributed by atoms with E-state index in [1.54, 1.807) is 0 Å². The van der Waals surface area contributed by atoms with Crippen molar-refractivity contribution in [3.63, 3.8) is 0 Å². The first-order chi connectivity index (χ1) is 9.38. The molecular formula is C16H31N3O. The van der Waals surface area contributed by atoms with Crippen LogP contribution in [0.5, 0.6) is 0 Å². The molecule has 1 heterocycles. The Morgan fingerprint density at radius 3 is 2.30 bits per heavy atom. The SMILES string of the molecule is CCN(CC)C(C)(CC)C(O)Cc1ccn(C(C)C)n1. The minimum atomic E-state index is -0.400. The lowest BCUT2D eigenvalue weighted by Crippen LogP contribution is -2.54. The standard InChI is InChI=1S/C16H31N3O/c1-7-16(6,18(8-2)9-3)15(20)12-14-10-11-19(17-14)13(4)5/h10-11,13,15,20H,7-9,12H2,1-6H3. The van der Waals surface area contributed by atoms with Crippen molar-refractivity contribution in [2.45, 2.75) is 72.1 Å². The number of aliphatic hydroxyl groups excluding tert-OH is 1. The van der Waals surface area contributed by atoms with Gasteiger partial charge in [-0.25, -0.2) is 0 Å². The molecule has 0 aliphatic rings. The molecule has 4 nitrogen and oxygen atoms in total. The minimum Gasteiger partial charge on any atom is -0.391 e. The highest BCUT2D eigenvalue weighted by atomic mass is 16.3. The number of hydrogen-bond acceptors (Lipinski definition) is 3. The molecule has 2 unspecified atom stereocenters. The van der Waals surface area contributed by atoms with Gasteiger partial charge in [0.25, 0.3) is 0 Å². The van der Waals surface area contributed by atoms with Crippen LogP contribution in [0.2, 0.25) is 0 Å². The summed E-state index contributed by atoms with van der Waals surface area (Å²) in [7, 11) is 0. The molecule has 1 rings (SSSR count). The Morgan fingerprint density at radius 1 is 1.30 bits per heavy atom. The Morgan fingerprint density at radius 2 is 1.90 bits per heavy atom. The zero-order chi connectivity index (χ0) is 15.3. The van der Waals surface area contributed by atoms with E-state index < -0.39 is 6.10 Å². The van der Waals surface area contributed by atoms with Crippen LogP contribution >= 0.6 is 0 Å². The average molecular weight is 281 g/mol. The van der Waals surface area contributed by atoms with E-state index in [4.69, 9.17) is 0 Å². The van der Waals surface area contributed by atoms with Gasteiger partial charge in [-0.15, -0.1) is 0 Å². The van der Waals surface area contributed by atoms with Gasteiger partial charge in [-0.05, 0) is 46.3 Å².